The number of nitrogens with one attached hydrogen (secondary N) is 1. The van der Waals surface area contributed by atoms with Crippen molar-refractivity contribution in [3.05, 3.63) is 47.9 Å². The summed E-state index contributed by atoms with van der Waals surface area (Å²) in [6, 6.07) is 5.32. The molecule has 1 aromatic heterocycles. The lowest BCUT2D eigenvalue weighted by atomic mass is 9.92. The van der Waals surface area contributed by atoms with Crippen molar-refractivity contribution < 1.29 is 17.9 Å². The monoisotopic (exact) mass is 362 g/mol. The maximum Gasteiger partial charge on any atom is 0.417 e. The first kappa shape index (κ1) is 18.0. The van der Waals surface area contributed by atoms with Gasteiger partial charge in [-0.25, -0.2) is 4.98 Å². The summed E-state index contributed by atoms with van der Waals surface area (Å²) in [5.41, 5.74) is -0.762. The standard InChI is InChI=1S/C18H17F3N4O/c19-18(20,21)16-6-3-14(9-12(16)10-22)25-13-1-4-15(5-2-13)26-17-11-23-7-8-24-17/h3,6-9,11,13,15,25H,1-2,4-5H2. The van der Waals surface area contributed by atoms with Crippen LogP contribution in [0.3, 0.4) is 0 Å². The van der Waals surface area contributed by atoms with Crippen LogP contribution in [0.25, 0.3) is 0 Å². The molecule has 0 unspecified atom stereocenters. The number of anilines is 1. The number of hydrogen-bond acceptors (Lipinski definition) is 5. The lowest BCUT2D eigenvalue weighted by Crippen LogP contribution is -2.31. The number of alkyl halides is 3. The van der Waals surface area contributed by atoms with Gasteiger partial charge in [0.15, 0.2) is 0 Å². The van der Waals surface area contributed by atoms with Gasteiger partial charge < -0.3 is 10.1 Å². The molecule has 0 bridgehead atoms. The minimum Gasteiger partial charge on any atom is -0.473 e. The summed E-state index contributed by atoms with van der Waals surface area (Å²) in [4.78, 5) is 8.04. The molecule has 5 nitrogen and oxygen atoms in total. The molecule has 2 aromatic rings. The fourth-order valence-corrected chi connectivity index (χ4v) is 3.05. The van der Waals surface area contributed by atoms with E-state index < -0.39 is 11.7 Å². The maximum atomic E-state index is 12.9. The third-order valence-corrected chi connectivity index (χ3v) is 4.32. The Morgan fingerprint density at radius 2 is 1.92 bits per heavy atom. The van der Waals surface area contributed by atoms with Crippen molar-refractivity contribution in [3.8, 4) is 11.9 Å². The third kappa shape index (κ3) is 4.42. The predicted octanol–water partition coefficient (Wildman–Crippen LogP) is 4.17. The van der Waals surface area contributed by atoms with E-state index in [1.807, 2.05) is 0 Å². The van der Waals surface area contributed by atoms with Crippen LogP contribution in [0.4, 0.5) is 18.9 Å². The molecular weight excluding hydrogens is 345 g/mol. The molecule has 1 heterocycles. The zero-order valence-corrected chi connectivity index (χ0v) is 13.8. The van der Waals surface area contributed by atoms with E-state index in [1.54, 1.807) is 24.7 Å². The third-order valence-electron chi connectivity index (χ3n) is 4.32. The first-order valence-electron chi connectivity index (χ1n) is 8.26. The van der Waals surface area contributed by atoms with Crippen LogP contribution in [0.5, 0.6) is 5.88 Å². The summed E-state index contributed by atoms with van der Waals surface area (Å²) >= 11 is 0. The Kier molecular flexibility index (Phi) is 5.26. The highest BCUT2D eigenvalue weighted by molar-refractivity contribution is 5.54. The Morgan fingerprint density at radius 1 is 1.15 bits per heavy atom. The van der Waals surface area contributed by atoms with Crippen LogP contribution < -0.4 is 10.1 Å². The highest BCUT2D eigenvalue weighted by Gasteiger charge is 2.33. The van der Waals surface area contributed by atoms with Crippen LogP contribution in [-0.2, 0) is 6.18 Å². The van der Waals surface area contributed by atoms with Gasteiger partial charge in [-0.05, 0) is 43.9 Å². The number of nitriles is 1. The molecule has 0 saturated heterocycles. The number of nitrogens with zero attached hydrogens (tertiary/aromatic N) is 3. The number of aromatic nitrogens is 2. The molecular formula is C18H17F3N4O. The first-order valence-corrected chi connectivity index (χ1v) is 8.26. The lowest BCUT2D eigenvalue weighted by Gasteiger charge is -2.29. The predicted molar refractivity (Wildman–Crippen MR) is 88.5 cm³/mol. The Hall–Kier alpha value is -2.82. The topological polar surface area (TPSA) is 70.8 Å². The van der Waals surface area contributed by atoms with E-state index in [0.717, 1.165) is 31.7 Å². The van der Waals surface area contributed by atoms with Gasteiger partial charge in [0, 0.05) is 24.1 Å². The maximum absolute atomic E-state index is 12.9. The number of benzene rings is 1. The average molecular weight is 362 g/mol. The van der Waals surface area contributed by atoms with Gasteiger partial charge in [-0.15, -0.1) is 0 Å². The van der Waals surface area contributed by atoms with E-state index in [9.17, 15) is 13.2 Å². The molecule has 0 amide bonds. The fraction of sp³-hybridized carbons (Fsp3) is 0.389. The van der Waals surface area contributed by atoms with Gasteiger partial charge >= 0.3 is 6.18 Å². The summed E-state index contributed by atoms with van der Waals surface area (Å²) in [6.07, 6.45) is 3.47. The molecule has 1 aliphatic rings. The van der Waals surface area contributed by atoms with Crippen molar-refractivity contribution in [2.45, 2.75) is 44.0 Å². The van der Waals surface area contributed by atoms with Gasteiger partial charge in [0.25, 0.3) is 0 Å². The van der Waals surface area contributed by atoms with Crippen molar-refractivity contribution in [1.82, 2.24) is 9.97 Å². The van der Waals surface area contributed by atoms with Crippen LogP contribution in [-0.4, -0.2) is 22.1 Å². The second kappa shape index (κ2) is 7.60. The van der Waals surface area contributed by atoms with E-state index in [2.05, 4.69) is 15.3 Å². The molecule has 26 heavy (non-hydrogen) atoms. The highest BCUT2D eigenvalue weighted by atomic mass is 19.4. The fourth-order valence-electron chi connectivity index (χ4n) is 3.05. The SMILES string of the molecule is N#Cc1cc(NC2CCC(Oc3cnccn3)CC2)ccc1C(F)(F)F. The molecule has 136 valence electrons. The molecule has 0 spiro atoms. The van der Waals surface area contributed by atoms with Crippen LogP contribution in [0, 0.1) is 11.3 Å². The van der Waals surface area contributed by atoms with Crippen LogP contribution in [0.2, 0.25) is 0 Å². The van der Waals surface area contributed by atoms with E-state index in [4.69, 9.17) is 10.00 Å². The zero-order chi connectivity index (χ0) is 18.6. The molecule has 1 N–H and O–H groups in total. The molecule has 0 radical (unpaired) electrons. The van der Waals surface area contributed by atoms with Gasteiger partial charge in [0.2, 0.25) is 5.88 Å². The van der Waals surface area contributed by atoms with E-state index in [1.165, 1.54) is 12.1 Å². The van der Waals surface area contributed by atoms with Crippen LogP contribution in [0.1, 0.15) is 36.8 Å². The lowest BCUT2D eigenvalue weighted by molar-refractivity contribution is -0.137. The van der Waals surface area contributed by atoms with Crippen molar-refractivity contribution in [1.29, 1.82) is 5.26 Å². The largest absolute Gasteiger partial charge is 0.473 e. The summed E-state index contributed by atoms with van der Waals surface area (Å²) in [5.74, 6) is 0.491. The minimum atomic E-state index is -4.53. The summed E-state index contributed by atoms with van der Waals surface area (Å²) < 4.78 is 44.3. The van der Waals surface area contributed by atoms with Crippen molar-refractivity contribution in [3.63, 3.8) is 0 Å². The Balaban J connectivity index is 1.57. The van der Waals surface area contributed by atoms with Gasteiger partial charge in [0.05, 0.1) is 23.4 Å². The molecule has 1 aliphatic carbocycles. The smallest absolute Gasteiger partial charge is 0.417 e. The second-order valence-electron chi connectivity index (χ2n) is 6.15. The summed E-state index contributed by atoms with van der Waals surface area (Å²) in [5, 5.41) is 12.2. The second-order valence-corrected chi connectivity index (χ2v) is 6.15. The quantitative estimate of drug-likeness (QED) is 0.884. The zero-order valence-electron chi connectivity index (χ0n) is 13.8. The molecule has 8 heteroatoms. The summed E-state index contributed by atoms with van der Waals surface area (Å²) in [7, 11) is 0. The number of rotatable bonds is 4. The van der Waals surface area contributed by atoms with Crippen LogP contribution >= 0.6 is 0 Å². The molecule has 0 atom stereocenters. The number of hydrogen-bond donors (Lipinski definition) is 1. The highest BCUT2D eigenvalue weighted by Crippen LogP contribution is 2.33. The normalized spacial score (nSPS) is 20.2. The molecule has 3 rings (SSSR count). The van der Waals surface area contributed by atoms with Gasteiger partial charge in [0.1, 0.15) is 6.10 Å². The Labute approximate surface area is 148 Å². The van der Waals surface area contributed by atoms with Gasteiger partial charge in [-0.2, -0.15) is 18.4 Å². The summed E-state index contributed by atoms with van der Waals surface area (Å²) in [6.45, 7) is 0. The van der Waals surface area contributed by atoms with E-state index in [0.29, 0.717) is 11.6 Å². The number of ether oxygens (including phenoxy) is 1. The van der Waals surface area contributed by atoms with Crippen molar-refractivity contribution >= 4 is 5.69 Å². The Bertz CT molecular complexity index is 781. The van der Waals surface area contributed by atoms with E-state index >= 15 is 0 Å². The van der Waals surface area contributed by atoms with Crippen molar-refractivity contribution in [2.75, 3.05) is 5.32 Å². The Morgan fingerprint density at radius 3 is 2.54 bits per heavy atom. The minimum absolute atomic E-state index is 0.0482. The molecule has 1 saturated carbocycles. The molecule has 1 fully saturated rings. The van der Waals surface area contributed by atoms with Crippen molar-refractivity contribution in [2.24, 2.45) is 0 Å². The molecule has 0 aliphatic heterocycles. The van der Waals surface area contributed by atoms with E-state index in [-0.39, 0.29) is 17.7 Å². The first-order chi connectivity index (χ1) is 12.5. The average Bonchev–Trinajstić information content (AvgIpc) is 2.63. The van der Waals surface area contributed by atoms with Gasteiger partial charge in [-0.1, -0.05) is 0 Å². The molecule has 1 aromatic carbocycles. The number of halogens is 3. The van der Waals surface area contributed by atoms with Crippen LogP contribution in [0.15, 0.2) is 36.8 Å². The van der Waals surface area contributed by atoms with Gasteiger partial charge in [-0.3, -0.25) is 4.98 Å².